The van der Waals surface area contributed by atoms with Crippen LogP contribution in [0.25, 0.3) is 0 Å². The van der Waals surface area contributed by atoms with Crippen LogP contribution in [-0.4, -0.2) is 63.2 Å². The zero-order valence-corrected chi connectivity index (χ0v) is 26.7. The first kappa shape index (κ1) is 34.3. The highest BCUT2D eigenvalue weighted by Crippen LogP contribution is 2.43. The first-order valence-corrected chi connectivity index (χ1v) is 16.5. The zero-order valence-electron chi connectivity index (χ0n) is 26.7. The Balaban J connectivity index is 0.000000226. The number of hydrogen-bond acceptors (Lipinski definition) is 8. The molecule has 2 saturated heterocycles. The standard InChI is InChI=1S/C17H30O4.C16H28O4/c1-5-12-7-13(6-2)14(8-12)9-16(18)19-10-15-11-20-17(3,4)21-15;1-3-12-7-13(4-2)14(8-12)5-6-16(17)19-10-15-9-18-11-20-15/h12-15H,5-11H2,1-4H3;12-15H,3-11H2,1-2H3. The third-order valence-corrected chi connectivity index (χ3v) is 9.85. The van der Waals surface area contributed by atoms with E-state index in [0.717, 1.165) is 24.2 Å². The molecule has 41 heavy (non-hydrogen) atoms. The van der Waals surface area contributed by atoms with E-state index in [-0.39, 0.29) is 24.1 Å². The molecule has 238 valence electrons. The van der Waals surface area contributed by atoms with Gasteiger partial charge in [-0.25, -0.2) is 0 Å². The monoisotopic (exact) mass is 582 g/mol. The molecule has 0 aromatic heterocycles. The lowest BCUT2D eigenvalue weighted by Gasteiger charge is -2.18. The fourth-order valence-electron chi connectivity index (χ4n) is 7.28. The second kappa shape index (κ2) is 17.2. The van der Waals surface area contributed by atoms with Crippen LogP contribution in [0.1, 0.15) is 112 Å². The Morgan fingerprint density at radius 3 is 1.88 bits per heavy atom. The first-order chi connectivity index (χ1) is 19.7. The van der Waals surface area contributed by atoms with Crippen LogP contribution < -0.4 is 0 Å². The van der Waals surface area contributed by atoms with Crippen LogP contribution in [0.2, 0.25) is 0 Å². The molecule has 8 nitrogen and oxygen atoms in total. The molecule has 8 atom stereocenters. The van der Waals surface area contributed by atoms with Crippen LogP contribution in [0, 0.1) is 35.5 Å². The number of hydrogen-bond donors (Lipinski definition) is 0. The van der Waals surface area contributed by atoms with E-state index in [1.807, 2.05) is 13.8 Å². The topological polar surface area (TPSA) is 89.5 Å². The molecule has 0 bridgehead atoms. The Hall–Kier alpha value is -1.22. The minimum atomic E-state index is -0.551. The van der Waals surface area contributed by atoms with Gasteiger partial charge in [-0.1, -0.05) is 53.4 Å². The van der Waals surface area contributed by atoms with Gasteiger partial charge in [-0.2, -0.15) is 0 Å². The highest BCUT2D eigenvalue weighted by Gasteiger charge is 2.36. The molecule has 0 radical (unpaired) electrons. The van der Waals surface area contributed by atoms with E-state index in [0.29, 0.717) is 63.8 Å². The van der Waals surface area contributed by atoms with Gasteiger partial charge in [0.1, 0.15) is 32.2 Å². The summed E-state index contributed by atoms with van der Waals surface area (Å²) in [5, 5.41) is 0. The van der Waals surface area contributed by atoms with Crippen molar-refractivity contribution >= 4 is 11.9 Å². The summed E-state index contributed by atoms with van der Waals surface area (Å²) in [7, 11) is 0. The van der Waals surface area contributed by atoms with Gasteiger partial charge in [-0.15, -0.1) is 0 Å². The van der Waals surface area contributed by atoms with Crippen molar-refractivity contribution in [3.05, 3.63) is 0 Å². The van der Waals surface area contributed by atoms with Crippen LogP contribution in [-0.2, 0) is 38.0 Å². The molecule has 4 rings (SSSR count). The Labute approximate surface area is 248 Å². The van der Waals surface area contributed by atoms with E-state index >= 15 is 0 Å². The smallest absolute Gasteiger partial charge is 0.306 e. The van der Waals surface area contributed by atoms with Crippen molar-refractivity contribution in [2.24, 2.45) is 35.5 Å². The van der Waals surface area contributed by atoms with Gasteiger partial charge in [-0.3, -0.25) is 9.59 Å². The van der Waals surface area contributed by atoms with E-state index in [4.69, 9.17) is 28.4 Å². The zero-order chi connectivity index (χ0) is 29.8. The minimum Gasteiger partial charge on any atom is -0.463 e. The predicted octanol–water partition coefficient (Wildman–Crippen LogP) is 6.68. The van der Waals surface area contributed by atoms with E-state index < -0.39 is 5.79 Å². The van der Waals surface area contributed by atoms with Crippen LogP contribution in [0.15, 0.2) is 0 Å². The maximum absolute atomic E-state index is 12.1. The molecular formula is C33H58O8. The molecule has 0 spiro atoms. The average molecular weight is 583 g/mol. The van der Waals surface area contributed by atoms with Crippen molar-refractivity contribution in [1.29, 1.82) is 0 Å². The molecular weight excluding hydrogens is 524 g/mol. The van der Waals surface area contributed by atoms with Crippen LogP contribution in [0.4, 0.5) is 0 Å². The lowest BCUT2D eigenvalue weighted by atomic mass is 9.90. The second-order valence-electron chi connectivity index (χ2n) is 13.2. The Bertz CT molecular complexity index is 779. The Morgan fingerprint density at radius 2 is 1.32 bits per heavy atom. The van der Waals surface area contributed by atoms with Crippen LogP contribution >= 0.6 is 0 Å². The van der Waals surface area contributed by atoms with Gasteiger partial charge < -0.3 is 28.4 Å². The summed E-state index contributed by atoms with van der Waals surface area (Å²) in [6.45, 7) is 14.8. The van der Waals surface area contributed by atoms with Gasteiger partial charge in [0.25, 0.3) is 0 Å². The minimum absolute atomic E-state index is 0.0710. The molecule has 2 heterocycles. The molecule has 0 N–H and O–H groups in total. The van der Waals surface area contributed by atoms with Gasteiger partial charge in [0.15, 0.2) is 5.79 Å². The highest BCUT2D eigenvalue weighted by atomic mass is 16.7. The Morgan fingerprint density at radius 1 is 0.732 bits per heavy atom. The van der Waals surface area contributed by atoms with Crippen molar-refractivity contribution in [1.82, 2.24) is 0 Å². The number of carbonyl (C=O) groups excluding carboxylic acids is 2. The third-order valence-electron chi connectivity index (χ3n) is 9.85. The van der Waals surface area contributed by atoms with Gasteiger partial charge in [0.2, 0.25) is 0 Å². The van der Waals surface area contributed by atoms with Crippen molar-refractivity contribution in [2.75, 3.05) is 33.2 Å². The molecule has 8 heteroatoms. The SMILES string of the molecule is CCC1CC(CC)C(CC(=O)OCC2COC(C)(C)O2)C1.CCC1CC(CC)C(CCC(=O)OCC2COCO2)C1. The number of rotatable bonds is 13. The van der Waals surface area contributed by atoms with E-state index in [1.165, 1.54) is 51.4 Å². The molecule has 0 aromatic carbocycles. The van der Waals surface area contributed by atoms with E-state index in [9.17, 15) is 9.59 Å². The third kappa shape index (κ3) is 11.4. The van der Waals surface area contributed by atoms with Crippen LogP contribution in [0.5, 0.6) is 0 Å². The molecule has 2 aliphatic heterocycles. The second-order valence-corrected chi connectivity index (χ2v) is 13.2. The number of carbonyl (C=O) groups is 2. The average Bonchev–Trinajstić information content (AvgIpc) is 3.76. The summed E-state index contributed by atoms with van der Waals surface area (Å²) < 4.78 is 32.1. The van der Waals surface area contributed by atoms with Gasteiger partial charge in [-0.05, 0) is 81.5 Å². The fraction of sp³-hybridized carbons (Fsp3) is 0.939. The largest absolute Gasteiger partial charge is 0.463 e. The lowest BCUT2D eigenvalue weighted by molar-refractivity contribution is -0.159. The molecule has 4 aliphatic rings. The fourth-order valence-corrected chi connectivity index (χ4v) is 7.28. The summed E-state index contributed by atoms with van der Waals surface area (Å²) >= 11 is 0. The molecule has 2 aliphatic carbocycles. The molecule has 0 aromatic rings. The van der Waals surface area contributed by atoms with Crippen molar-refractivity contribution in [3.63, 3.8) is 0 Å². The quantitative estimate of drug-likeness (QED) is 0.222. The van der Waals surface area contributed by atoms with Crippen molar-refractivity contribution < 1.29 is 38.0 Å². The first-order valence-electron chi connectivity index (χ1n) is 16.5. The maximum atomic E-state index is 12.1. The van der Waals surface area contributed by atoms with E-state index in [1.54, 1.807) is 0 Å². The molecule has 2 saturated carbocycles. The predicted molar refractivity (Wildman–Crippen MR) is 157 cm³/mol. The molecule has 0 amide bonds. The lowest BCUT2D eigenvalue weighted by Crippen LogP contribution is -2.26. The van der Waals surface area contributed by atoms with Crippen molar-refractivity contribution in [2.45, 2.75) is 130 Å². The van der Waals surface area contributed by atoms with Gasteiger partial charge in [0, 0.05) is 12.8 Å². The highest BCUT2D eigenvalue weighted by molar-refractivity contribution is 5.70. The van der Waals surface area contributed by atoms with Gasteiger partial charge in [0.05, 0.1) is 13.2 Å². The molecule has 4 fully saturated rings. The summed E-state index contributed by atoms with van der Waals surface area (Å²) in [4.78, 5) is 23.8. The molecule has 8 unspecified atom stereocenters. The van der Waals surface area contributed by atoms with Gasteiger partial charge >= 0.3 is 11.9 Å². The van der Waals surface area contributed by atoms with Crippen molar-refractivity contribution in [3.8, 4) is 0 Å². The number of ether oxygens (including phenoxy) is 6. The van der Waals surface area contributed by atoms with Crippen LogP contribution in [0.3, 0.4) is 0 Å². The Kier molecular flexibility index (Phi) is 14.4. The normalized spacial score (nSPS) is 34.3. The van der Waals surface area contributed by atoms with E-state index in [2.05, 4.69) is 27.7 Å². The summed E-state index contributed by atoms with van der Waals surface area (Å²) in [5.41, 5.74) is 0. The maximum Gasteiger partial charge on any atom is 0.306 e. The number of esters is 2. The summed E-state index contributed by atoms with van der Waals surface area (Å²) in [6.07, 6.45) is 11.9. The summed E-state index contributed by atoms with van der Waals surface area (Å²) in [5.74, 6) is 3.65. The summed E-state index contributed by atoms with van der Waals surface area (Å²) in [6, 6.07) is 0.